The van der Waals surface area contributed by atoms with Crippen LogP contribution in [0.1, 0.15) is 21.1 Å². The third-order valence-corrected chi connectivity index (χ3v) is 4.79. The number of amides is 1. The van der Waals surface area contributed by atoms with Crippen LogP contribution >= 0.6 is 11.3 Å². The average molecular weight is 364 g/mol. The zero-order chi connectivity index (χ0) is 17.8. The molecule has 3 heterocycles. The van der Waals surface area contributed by atoms with Crippen molar-refractivity contribution in [3.8, 4) is 11.3 Å². The Kier molecular flexibility index (Phi) is 4.66. The normalized spacial score (nSPS) is 10.8. The lowest BCUT2D eigenvalue weighted by atomic mass is 10.1. The van der Waals surface area contributed by atoms with Gasteiger partial charge in [-0.05, 0) is 23.6 Å². The monoisotopic (exact) mass is 364 g/mol. The van der Waals surface area contributed by atoms with Crippen molar-refractivity contribution in [2.75, 3.05) is 0 Å². The highest BCUT2D eigenvalue weighted by atomic mass is 32.1. The van der Waals surface area contributed by atoms with E-state index in [9.17, 15) is 4.79 Å². The van der Waals surface area contributed by atoms with Crippen LogP contribution in [0, 0.1) is 0 Å². The van der Waals surface area contributed by atoms with Gasteiger partial charge in [-0.2, -0.15) is 0 Å². The second-order valence-electron chi connectivity index (χ2n) is 5.76. The SMILES string of the molecule is O=C(c1cc(-c2ccccc2)on1)N(Cc1ccco1)Cc1cccs1. The molecule has 0 N–H and O–H groups in total. The van der Waals surface area contributed by atoms with Crippen molar-refractivity contribution < 1.29 is 13.7 Å². The summed E-state index contributed by atoms with van der Waals surface area (Å²) in [6.45, 7) is 0.863. The van der Waals surface area contributed by atoms with Gasteiger partial charge in [0.25, 0.3) is 5.91 Å². The van der Waals surface area contributed by atoms with Gasteiger partial charge in [0, 0.05) is 16.5 Å². The molecule has 1 aromatic carbocycles. The molecule has 0 spiro atoms. The third kappa shape index (κ3) is 3.60. The second-order valence-corrected chi connectivity index (χ2v) is 6.79. The zero-order valence-electron chi connectivity index (χ0n) is 13.9. The summed E-state index contributed by atoms with van der Waals surface area (Å²) in [5.41, 5.74) is 1.17. The Morgan fingerprint density at radius 3 is 2.65 bits per heavy atom. The third-order valence-electron chi connectivity index (χ3n) is 3.93. The van der Waals surface area contributed by atoms with Gasteiger partial charge in [-0.3, -0.25) is 4.79 Å². The molecule has 0 aliphatic rings. The first-order chi connectivity index (χ1) is 12.8. The maximum absolute atomic E-state index is 13.0. The van der Waals surface area contributed by atoms with Crippen LogP contribution in [0.25, 0.3) is 11.3 Å². The summed E-state index contributed by atoms with van der Waals surface area (Å²) in [6.07, 6.45) is 1.60. The molecule has 0 unspecified atom stereocenters. The number of hydrogen-bond acceptors (Lipinski definition) is 5. The highest BCUT2D eigenvalue weighted by Gasteiger charge is 2.22. The molecular weight excluding hydrogens is 348 g/mol. The van der Waals surface area contributed by atoms with Crippen molar-refractivity contribution in [1.29, 1.82) is 0 Å². The van der Waals surface area contributed by atoms with E-state index < -0.39 is 0 Å². The van der Waals surface area contributed by atoms with Gasteiger partial charge in [-0.15, -0.1) is 11.3 Å². The summed E-state index contributed by atoms with van der Waals surface area (Å²) in [5, 5.41) is 5.97. The molecule has 0 radical (unpaired) electrons. The van der Waals surface area contributed by atoms with E-state index in [1.165, 1.54) is 0 Å². The molecule has 0 aliphatic carbocycles. The van der Waals surface area contributed by atoms with E-state index in [-0.39, 0.29) is 11.6 Å². The van der Waals surface area contributed by atoms with Crippen LogP contribution in [0.4, 0.5) is 0 Å². The van der Waals surface area contributed by atoms with E-state index in [0.717, 1.165) is 16.2 Å². The number of furan rings is 1. The molecule has 26 heavy (non-hydrogen) atoms. The Labute approximate surface area is 154 Å². The topological polar surface area (TPSA) is 59.5 Å². The first-order valence-electron chi connectivity index (χ1n) is 8.16. The summed E-state index contributed by atoms with van der Waals surface area (Å²) < 4.78 is 10.8. The lowest BCUT2D eigenvalue weighted by Crippen LogP contribution is -2.29. The van der Waals surface area contributed by atoms with Gasteiger partial charge < -0.3 is 13.8 Å². The highest BCUT2D eigenvalue weighted by molar-refractivity contribution is 7.09. The number of carbonyl (C=O) groups is 1. The zero-order valence-corrected chi connectivity index (χ0v) is 14.7. The smallest absolute Gasteiger partial charge is 0.276 e. The van der Waals surface area contributed by atoms with Gasteiger partial charge in [0.05, 0.1) is 19.4 Å². The predicted octanol–water partition coefficient (Wildman–Crippen LogP) is 4.84. The molecule has 0 atom stereocenters. The lowest BCUT2D eigenvalue weighted by Gasteiger charge is -2.19. The minimum atomic E-state index is -0.194. The second kappa shape index (κ2) is 7.41. The summed E-state index contributed by atoms with van der Waals surface area (Å²) in [5.74, 6) is 1.10. The molecule has 4 rings (SSSR count). The maximum Gasteiger partial charge on any atom is 0.276 e. The Morgan fingerprint density at radius 1 is 1.04 bits per heavy atom. The van der Waals surface area contributed by atoms with Crippen LogP contribution in [0.15, 0.2) is 81.2 Å². The van der Waals surface area contributed by atoms with E-state index in [0.29, 0.717) is 18.8 Å². The molecule has 6 heteroatoms. The molecule has 5 nitrogen and oxygen atoms in total. The van der Waals surface area contributed by atoms with E-state index in [1.807, 2.05) is 60.0 Å². The summed E-state index contributed by atoms with van der Waals surface area (Å²) in [6, 6.07) is 18.9. The number of thiophene rings is 1. The first kappa shape index (κ1) is 16.4. The highest BCUT2D eigenvalue weighted by Crippen LogP contribution is 2.22. The fourth-order valence-electron chi connectivity index (χ4n) is 2.66. The number of aromatic nitrogens is 1. The molecule has 1 amide bonds. The standard InChI is InChI=1S/C20H16N2O3S/c23-20(18-12-19(25-21-18)15-6-2-1-3-7-15)22(13-16-8-4-10-24-16)14-17-9-5-11-26-17/h1-12H,13-14H2. The molecule has 0 aliphatic heterocycles. The largest absolute Gasteiger partial charge is 0.467 e. The molecule has 4 aromatic rings. The van der Waals surface area contributed by atoms with Gasteiger partial charge in [-0.1, -0.05) is 41.6 Å². The Balaban J connectivity index is 1.58. The van der Waals surface area contributed by atoms with Crippen LogP contribution < -0.4 is 0 Å². The Hall–Kier alpha value is -3.12. The van der Waals surface area contributed by atoms with Gasteiger partial charge in [0.2, 0.25) is 0 Å². The van der Waals surface area contributed by atoms with Gasteiger partial charge in [-0.25, -0.2) is 0 Å². The number of benzene rings is 1. The van der Waals surface area contributed by atoms with Crippen molar-refractivity contribution in [2.45, 2.75) is 13.1 Å². The van der Waals surface area contributed by atoms with Gasteiger partial charge in [0.1, 0.15) is 5.76 Å². The Morgan fingerprint density at radius 2 is 1.92 bits per heavy atom. The maximum atomic E-state index is 13.0. The van der Waals surface area contributed by atoms with E-state index in [1.54, 1.807) is 28.6 Å². The van der Waals surface area contributed by atoms with Crippen molar-refractivity contribution >= 4 is 17.2 Å². The van der Waals surface area contributed by atoms with Crippen molar-refractivity contribution in [3.63, 3.8) is 0 Å². The minimum absolute atomic E-state index is 0.194. The average Bonchev–Trinajstić information content (AvgIpc) is 3.44. The fraction of sp³-hybridized carbons (Fsp3) is 0.100. The summed E-state index contributed by atoms with van der Waals surface area (Å²) in [4.78, 5) is 15.8. The number of nitrogens with zero attached hydrogens (tertiary/aromatic N) is 2. The Bertz CT molecular complexity index is 924. The van der Waals surface area contributed by atoms with Crippen LogP contribution in [-0.2, 0) is 13.1 Å². The van der Waals surface area contributed by atoms with Crippen molar-refractivity contribution in [1.82, 2.24) is 10.1 Å². The molecule has 0 bridgehead atoms. The molecule has 0 saturated heterocycles. The van der Waals surface area contributed by atoms with Crippen LogP contribution in [0.3, 0.4) is 0 Å². The number of carbonyl (C=O) groups excluding carboxylic acids is 1. The molecule has 0 fully saturated rings. The first-order valence-corrected chi connectivity index (χ1v) is 9.04. The molecular formula is C20H16N2O3S. The predicted molar refractivity (Wildman–Crippen MR) is 98.5 cm³/mol. The summed E-state index contributed by atoms with van der Waals surface area (Å²) in [7, 11) is 0. The lowest BCUT2D eigenvalue weighted by molar-refractivity contribution is 0.0709. The quantitative estimate of drug-likeness (QED) is 0.491. The van der Waals surface area contributed by atoms with Crippen molar-refractivity contribution in [3.05, 3.63) is 88.6 Å². The van der Waals surface area contributed by atoms with Crippen LogP contribution in [0.2, 0.25) is 0 Å². The van der Waals surface area contributed by atoms with Crippen molar-refractivity contribution in [2.24, 2.45) is 0 Å². The molecule has 130 valence electrons. The fourth-order valence-corrected chi connectivity index (χ4v) is 3.38. The van der Waals surface area contributed by atoms with E-state index >= 15 is 0 Å². The van der Waals surface area contributed by atoms with Crippen LogP contribution in [-0.4, -0.2) is 16.0 Å². The van der Waals surface area contributed by atoms with Gasteiger partial charge >= 0.3 is 0 Å². The molecule has 3 aromatic heterocycles. The van der Waals surface area contributed by atoms with Crippen LogP contribution in [0.5, 0.6) is 0 Å². The van der Waals surface area contributed by atoms with E-state index in [2.05, 4.69) is 5.16 Å². The molecule has 0 saturated carbocycles. The van der Waals surface area contributed by atoms with Gasteiger partial charge in [0.15, 0.2) is 11.5 Å². The minimum Gasteiger partial charge on any atom is -0.467 e. The number of hydrogen-bond donors (Lipinski definition) is 0. The number of rotatable bonds is 6. The van der Waals surface area contributed by atoms with E-state index in [4.69, 9.17) is 8.94 Å². The summed E-state index contributed by atoms with van der Waals surface area (Å²) >= 11 is 1.61.